The van der Waals surface area contributed by atoms with Gasteiger partial charge in [0.15, 0.2) is 0 Å². The molecule has 14 heavy (non-hydrogen) atoms. The first-order valence-electron chi connectivity index (χ1n) is 5.75. The zero-order valence-electron chi connectivity index (χ0n) is 9.68. The van der Waals surface area contributed by atoms with Crippen molar-refractivity contribution in [1.82, 2.24) is 5.48 Å². The van der Waals surface area contributed by atoms with E-state index in [4.69, 9.17) is 9.57 Å². The first-order valence-corrected chi connectivity index (χ1v) is 5.75. The Hall–Kier alpha value is -0.120. The summed E-state index contributed by atoms with van der Waals surface area (Å²) < 4.78 is 4.85. The van der Waals surface area contributed by atoms with Crippen LogP contribution in [0, 0.1) is 0 Å². The second-order valence-corrected chi connectivity index (χ2v) is 3.50. The molecular formula is C11H25NO2. The average molecular weight is 203 g/mol. The highest BCUT2D eigenvalue weighted by Crippen LogP contribution is 2.03. The third kappa shape index (κ3) is 11.9. The summed E-state index contributed by atoms with van der Waals surface area (Å²) in [5.74, 6) is 0. The van der Waals surface area contributed by atoms with Gasteiger partial charge >= 0.3 is 0 Å². The van der Waals surface area contributed by atoms with Gasteiger partial charge < -0.3 is 4.74 Å². The predicted octanol–water partition coefficient (Wildman–Crippen LogP) is 2.51. The van der Waals surface area contributed by atoms with Gasteiger partial charge in [-0.1, -0.05) is 39.0 Å². The monoisotopic (exact) mass is 203 g/mol. The number of methoxy groups -OCH3 is 1. The smallest absolute Gasteiger partial charge is 0.0915 e. The molecule has 3 heteroatoms. The summed E-state index contributed by atoms with van der Waals surface area (Å²) in [6.45, 7) is 4.48. The lowest BCUT2D eigenvalue weighted by Crippen LogP contribution is -2.18. The summed E-state index contributed by atoms with van der Waals surface area (Å²) >= 11 is 0. The van der Waals surface area contributed by atoms with Crippen molar-refractivity contribution in [3.8, 4) is 0 Å². The largest absolute Gasteiger partial charge is 0.382 e. The van der Waals surface area contributed by atoms with E-state index in [1.165, 1.54) is 38.5 Å². The van der Waals surface area contributed by atoms with Gasteiger partial charge in [-0.15, -0.1) is 0 Å². The number of hydrogen-bond acceptors (Lipinski definition) is 3. The quantitative estimate of drug-likeness (QED) is 0.413. The van der Waals surface area contributed by atoms with Gasteiger partial charge in [0.05, 0.1) is 13.2 Å². The molecule has 3 nitrogen and oxygen atoms in total. The van der Waals surface area contributed by atoms with Crippen LogP contribution in [0.4, 0.5) is 0 Å². The second-order valence-electron chi connectivity index (χ2n) is 3.50. The standard InChI is InChI=1S/C11H25NO2/c1-3-4-5-6-7-8-9-12-14-11-10-13-2/h12H,3-11H2,1-2H3. The predicted molar refractivity (Wildman–Crippen MR) is 59.2 cm³/mol. The summed E-state index contributed by atoms with van der Waals surface area (Å²) in [4.78, 5) is 5.13. The van der Waals surface area contributed by atoms with E-state index in [1.54, 1.807) is 7.11 Å². The number of hydrogen-bond donors (Lipinski definition) is 1. The minimum atomic E-state index is 0.631. The van der Waals surface area contributed by atoms with Gasteiger partial charge in [0.25, 0.3) is 0 Å². The number of rotatable bonds is 11. The van der Waals surface area contributed by atoms with E-state index in [1.807, 2.05) is 0 Å². The van der Waals surface area contributed by atoms with Crippen molar-refractivity contribution in [2.24, 2.45) is 0 Å². The molecular weight excluding hydrogens is 178 g/mol. The molecule has 0 amide bonds. The van der Waals surface area contributed by atoms with Crippen LogP contribution < -0.4 is 5.48 Å². The fraction of sp³-hybridized carbons (Fsp3) is 1.00. The summed E-state index contributed by atoms with van der Waals surface area (Å²) in [6.07, 6.45) is 7.93. The van der Waals surface area contributed by atoms with Gasteiger partial charge in [-0.05, 0) is 6.42 Å². The van der Waals surface area contributed by atoms with Crippen molar-refractivity contribution in [3.05, 3.63) is 0 Å². The molecule has 0 fully saturated rings. The first kappa shape index (κ1) is 13.9. The van der Waals surface area contributed by atoms with Crippen LogP contribution in [0.25, 0.3) is 0 Å². The highest BCUT2D eigenvalue weighted by Gasteiger charge is 1.90. The lowest BCUT2D eigenvalue weighted by Gasteiger charge is -2.04. The van der Waals surface area contributed by atoms with Gasteiger partial charge in [0.2, 0.25) is 0 Å². The van der Waals surface area contributed by atoms with Gasteiger partial charge in [-0.3, -0.25) is 4.84 Å². The molecule has 0 saturated carbocycles. The Kier molecular flexibility index (Phi) is 12.8. The normalized spacial score (nSPS) is 10.7. The summed E-state index contributed by atoms with van der Waals surface area (Å²) in [5, 5.41) is 0. The Morgan fingerprint density at radius 1 is 0.929 bits per heavy atom. The van der Waals surface area contributed by atoms with Crippen molar-refractivity contribution in [2.75, 3.05) is 26.9 Å². The van der Waals surface area contributed by atoms with Crippen LogP contribution >= 0.6 is 0 Å². The molecule has 0 unspecified atom stereocenters. The summed E-state index contributed by atoms with van der Waals surface area (Å²) in [7, 11) is 1.68. The SMILES string of the molecule is CCCCCCCCNOCCOC. The second kappa shape index (κ2) is 12.9. The number of ether oxygens (including phenoxy) is 1. The zero-order valence-corrected chi connectivity index (χ0v) is 9.68. The van der Waals surface area contributed by atoms with Crippen LogP contribution in [0.1, 0.15) is 45.4 Å². The van der Waals surface area contributed by atoms with Crippen molar-refractivity contribution in [3.63, 3.8) is 0 Å². The fourth-order valence-corrected chi connectivity index (χ4v) is 1.25. The van der Waals surface area contributed by atoms with E-state index in [9.17, 15) is 0 Å². The van der Waals surface area contributed by atoms with E-state index >= 15 is 0 Å². The molecule has 0 bridgehead atoms. The Bertz CT molecular complexity index is 87.3. The van der Waals surface area contributed by atoms with Crippen molar-refractivity contribution in [2.45, 2.75) is 45.4 Å². The molecule has 0 heterocycles. The molecule has 0 rings (SSSR count). The number of unbranched alkanes of at least 4 members (excludes halogenated alkanes) is 5. The molecule has 0 aromatic rings. The third-order valence-electron chi connectivity index (χ3n) is 2.12. The first-order chi connectivity index (χ1) is 6.91. The maximum absolute atomic E-state index is 5.13. The molecule has 0 saturated heterocycles. The Morgan fingerprint density at radius 3 is 2.36 bits per heavy atom. The van der Waals surface area contributed by atoms with Crippen LogP contribution in [0.5, 0.6) is 0 Å². The molecule has 1 N–H and O–H groups in total. The number of hydroxylamine groups is 1. The van der Waals surface area contributed by atoms with Crippen LogP contribution in [0.2, 0.25) is 0 Å². The highest BCUT2D eigenvalue weighted by atomic mass is 16.7. The van der Waals surface area contributed by atoms with Gasteiger partial charge in [0, 0.05) is 13.7 Å². The average Bonchev–Trinajstić information content (AvgIpc) is 2.21. The van der Waals surface area contributed by atoms with Gasteiger partial charge in [-0.2, -0.15) is 0 Å². The van der Waals surface area contributed by atoms with E-state index in [0.717, 1.165) is 6.54 Å². The molecule has 0 aromatic carbocycles. The topological polar surface area (TPSA) is 30.5 Å². The summed E-state index contributed by atoms with van der Waals surface area (Å²) in [5.41, 5.74) is 2.93. The maximum Gasteiger partial charge on any atom is 0.0915 e. The molecule has 86 valence electrons. The van der Waals surface area contributed by atoms with E-state index in [-0.39, 0.29) is 0 Å². The van der Waals surface area contributed by atoms with Crippen LogP contribution in [0.3, 0.4) is 0 Å². The van der Waals surface area contributed by atoms with Crippen LogP contribution in [-0.4, -0.2) is 26.9 Å². The van der Waals surface area contributed by atoms with Crippen LogP contribution in [-0.2, 0) is 9.57 Å². The molecule has 0 aliphatic rings. The minimum Gasteiger partial charge on any atom is -0.382 e. The third-order valence-corrected chi connectivity index (χ3v) is 2.12. The minimum absolute atomic E-state index is 0.631. The molecule has 0 spiro atoms. The fourth-order valence-electron chi connectivity index (χ4n) is 1.25. The van der Waals surface area contributed by atoms with Gasteiger partial charge in [0.1, 0.15) is 0 Å². The molecule has 0 atom stereocenters. The highest BCUT2D eigenvalue weighted by molar-refractivity contribution is 4.44. The van der Waals surface area contributed by atoms with Gasteiger partial charge in [-0.25, -0.2) is 5.48 Å². The maximum atomic E-state index is 5.13. The molecule has 0 aromatic heterocycles. The summed E-state index contributed by atoms with van der Waals surface area (Å²) in [6, 6.07) is 0. The Balaban J connectivity index is 2.78. The van der Waals surface area contributed by atoms with Crippen molar-refractivity contribution >= 4 is 0 Å². The van der Waals surface area contributed by atoms with Crippen molar-refractivity contribution in [1.29, 1.82) is 0 Å². The molecule has 0 aliphatic heterocycles. The zero-order chi connectivity index (χ0) is 10.5. The Morgan fingerprint density at radius 2 is 1.64 bits per heavy atom. The Labute approximate surface area is 88.1 Å². The number of nitrogens with one attached hydrogen (secondary N) is 1. The van der Waals surface area contributed by atoms with E-state index in [2.05, 4.69) is 12.4 Å². The van der Waals surface area contributed by atoms with Crippen LogP contribution in [0.15, 0.2) is 0 Å². The lowest BCUT2D eigenvalue weighted by atomic mass is 10.1. The van der Waals surface area contributed by atoms with E-state index in [0.29, 0.717) is 13.2 Å². The lowest BCUT2D eigenvalue weighted by molar-refractivity contribution is 0.00644. The molecule has 0 aliphatic carbocycles. The van der Waals surface area contributed by atoms with E-state index < -0.39 is 0 Å². The molecule has 0 radical (unpaired) electrons. The van der Waals surface area contributed by atoms with Crippen molar-refractivity contribution < 1.29 is 9.57 Å².